The normalized spacial score (nSPS) is 12.9. The Morgan fingerprint density at radius 1 is 1.36 bits per heavy atom. The Labute approximate surface area is 86.0 Å². The largest absolute Gasteiger partial charge is 0.465 e. The average Bonchev–Trinajstić information content (AvgIpc) is 2.12. The molecule has 0 saturated heterocycles. The molecule has 0 aromatic heterocycles. The molecule has 0 spiro atoms. The second-order valence-corrected chi connectivity index (χ2v) is 3.35. The van der Waals surface area contributed by atoms with Crippen LogP contribution in [0.1, 0.15) is 27.7 Å². The number of nitrogens with one attached hydrogen (secondary N) is 1. The minimum absolute atomic E-state index is 0.211. The van der Waals surface area contributed by atoms with Gasteiger partial charge in [-0.2, -0.15) is 0 Å². The van der Waals surface area contributed by atoms with Gasteiger partial charge in [0.05, 0.1) is 19.3 Å². The number of ether oxygens (including phenoxy) is 2. The molecule has 0 heterocycles. The van der Waals surface area contributed by atoms with Gasteiger partial charge in [0.2, 0.25) is 0 Å². The van der Waals surface area contributed by atoms with Crippen molar-refractivity contribution >= 4 is 5.97 Å². The van der Waals surface area contributed by atoms with Crippen LogP contribution in [-0.2, 0) is 14.3 Å². The van der Waals surface area contributed by atoms with Crippen LogP contribution < -0.4 is 5.32 Å². The van der Waals surface area contributed by atoms with Gasteiger partial charge in [-0.15, -0.1) is 0 Å². The minimum atomic E-state index is -0.259. The monoisotopic (exact) mass is 203 g/mol. The van der Waals surface area contributed by atoms with E-state index < -0.39 is 0 Å². The first-order valence-corrected chi connectivity index (χ1v) is 5.09. The number of carbonyl (C=O) groups excluding carboxylic acids is 1. The number of carbonyl (C=O) groups is 1. The van der Waals surface area contributed by atoms with Crippen molar-refractivity contribution in [1.82, 2.24) is 5.32 Å². The molecule has 0 fully saturated rings. The van der Waals surface area contributed by atoms with E-state index in [-0.39, 0.29) is 18.1 Å². The maximum atomic E-state index is 11.1. The molecular weight excluding hydrogens is 182 g/mol. The van der Waals surface area contributed by atoms with Crippen LogP contribution in [0.5, 0.6) is 0 Å². The van der Waals surface area contributed by atoms with E-state index in [4.69, 9.17) is 9.47 Å². The third-order valence-electron chi connectivity index (χ3n) is 1.64. The maximum Gasteiger partial charge on any atom is 0.322 e. The molecule has 0 aromatic rings. The van der Waals surface area contributed by atoms with Crippen molar-refractivity contribution in [3.63, 3.8) is 0 Å². The van der Waals surface area contributed by atoms with Crippen molar-refractivity contribution in [2.45, 2.75) is 39.8 Å². The van der Waals surface area contributed by atoms with Gasteiger partial charge in [0.1, 0.15) is 6.04 Å². The highest BCUT2D eigenvalue weighted by atomic mass is 16.5. The van der Waals surface area contributed by atoms with E-state index in [1.165, 1.54) is 0 Å². The average molecular weight is 203 g/mol. The maximum absolute atomic E-state index is 11.1. The zero-order valence-electron chi connectivity index (χ0n) is 9.50. The Morgan fingerprint density at radius 3 is 2.50 bits per heavy atom. The summed E-state index contributed by atoms with van der Waals surface area (Å²) in [5.41, 5.74) is 0. The second kappa shape index (κ2) is 7.76. The quantitative estimate of drug-likeness (QED) is 0.494. The standard InChI is InChI=1S/C10H21NO3/c1-5-13-10(12)9(4)11-6-7-14-8(2)3/h8-9,11H,5-7H2,1-4H3. The predicted molar refractivity (Wildman–Crippen MR) is 55.2 cm³/mol. The van der Waals surface area contributed by atoms with E-state index in [0.29, 0.717) is 19.8 Å². The molecule has 0 aliphatic carbocycles. The summed E-state index contributed by atoms with van der Waals surface area (Å²) in [6, 6.07) is -0.259. The fourth-order valence-corrected chi connectivity index (χ4v) is 0.921. The van der Waals surface area contributed by atoms with Crippen LogP contribution in [0.15, 0.2) is 0 Å². The van der Waals surface area contributed by atoms with E-state index in [2.05, 4.69) is 5.32 Å². The Hall–Kier alpha value is -0.610. The molecule has 4 nitrogen and oxygen atoms in total. The van der Waals surface area contributed by atoms with Crippen molar-refractivity contribution in [3.8, 4) is 0 Å². The lowest BCUT2D eigenvalue weighted by atomic mass is 10.3. The van der Waals surface area contributed by atoms with Crippen LogP contribution in [0.2, 0.25) is 0 Å². The molecule has 84 valence electrons. The first-order valence-electron chi connectivity index (χ1n) is 5.09. The SMILES string of the molecule is CCOC(=O)C(C)NCCOC(C)C. The molecule has 0 rings (SSSR count). The lowest BCUT2D eigenvalue weighted by Crippen LogP contribution is -2.37. The van der Waals surface area contributed by atoms with Crippen LogP contribution in [0.25, 0.3) is 0 Å². The van der Waals surface area contributed by atoms with E-state index in [0.717, 1.165) is 0 Å². The van der Waals surface area contributed by atoms with Crippen LogP contribution in [0.4, 0.5) is 0 Å². The van der Waals surface area contributed by atoms with Gasteiger partial charge in [-0.25, -0.2) is 0 Å². The van der Waals surface area contributed by atoms with Crippen LogP contribution >= 0.6 is 0 Å². The summed E-state index contributed by atoms with van der Waals surface area (Å²) in [4.78, 5) is 11.1. The highest BCUT2D eigenvalue weighted by molar-refractivity contribution is 5.75. The van der Waals surface area contributed by atoms with Crippen molar-refractivity contribution in [3.05, 3.63) is 0 Å². The summed E-state index contributed by atoms with van der Waals surface area (Å²) in [6.07, 6.45) is 0.231. The van der Waals surface area contributed by atoms with Gasteiger partial charge in [-0.1, -0.05) is 0 Å². The summed E-state index contributed by atoms with van der Waals surface area (Å²) in [6.45, 7) is 9.25. The van der Waals surface area contributed by atoms with E-state index in [1.807, 2.05) is 13.8 Å². The lowest BCUT2D eigenvalue weighted by molar-refractivity contribution is -0.145. The summed E-state index contributed by atoms with van der Waals surface area (Å²) in [5, 5.41) is 3.02. The van der Waals surface area contributed by atoms with Crippen molar-refractivity contribution < 1.29 is 14.3 Å². The first kappa shape index (κ1) is 13.4. The van der Waals surface area contributed by atoms with Gasteiger partial charge >= 0.3 is 5.97 Å². The predicted octanol–water partition coefficient (Wildman–Crippen LogP) is 0.953. The molecule has 1 atom stereocenters. The molecule has 4 heteroatoms. The van der Waals surface area contributed by atoms with Gasteiger partial charge in [0, 0.05) is 6.54 Å². The second-order valence-electron chi connectivity index (χ2n) is 3.35. The number of rotatable bonds is 7. The van der Waals surface area contributed by atoms with E-state index >= 15 is 0 Å². The summed E-state index contributed by atoms with van der Waals surface area (Å²) < 4.78 is 10.2. The molecule has 0 radical (unpaired) electrons. The fourth-order valence-electron chi connectivity index (χ4n) is 0.921. The fraction of sp³-hybridized carbons (Fsp3) is 0.900. The summed E-state index contributed by atoms with van der Waals surface area (Å²) in [7, 11) is 0. The molecule has 1 unspecified atom stereocenters. The molecule has 0 aliphatic rings. The van der Waals surface area contributed by atoms with Gasteiger partial charge in [0.15, 0.2) is 0 Å². The number of hydrogen-bond donors (Lipinski definition) is 1. The Kier molecular flexibility index (Phi) is 7.42. The summed E-state index contributed by atoms with van der Waals surface area (Å²) in [5.74, 6) is -0.211. The lowest BCUT2D eigenvalue weighted by Gasteiger charge is -2.13. The van der Waals surface area contributed by atoms with Gasteiger partial charge in [-0.05, 0) is 27.7 Å². The zero-order valence-corrected chi connectivity index (χ0v) is 9.50. The molecule has 0 aromatic carbocycles. The molecule has 0 saturated carbocycles. The molecule has 0 bridgehead atoms. The van der Waals surface area contributed by atoms with Gasteiger partial charge in [-0.3, -0.25) is 4.79 Å². The third kappa shape index (κ3) is 6.86. The molecule has 0 amide bonds. The van der Waals surface area contributed by atoms with Crippen LogP contribution in [-0.4, -0.2) is 37.9 Å². The van der Waals surface area contributed by atoms with Crippen molar-refractivity contribution in [1.29, 1.82) is 0 Å². The zero-order chi connectivity index (χ0) is 11.0. The van der Waals surface area contributed by atoms with Crippen molar-refractivity contribution in [2.75, 3.05) is 19.8 Å². The highest BCUT2D eigenvalue weighted by Gasteiger charge is 2.11. The first-order chi connectivity index (χ1) is 6.57. The third-order valence-corrected chi connectivity index (χ3v) is 1.64. The van der Waals surface area contributed by atoms with Gasteiger partial charge < -0.3 is 14.8 Å². The number of esters is 1. The van der Waals surface area contributed by atoms with Crippen molar-refractivity contribution in [2.24, 2.45) is 0 Å². The Morgan fingerprint density at radius 2 is 2.00 bits per heavy atom. The number of hydrogen-bond acceptors (Lipinski definition) is 4. The minimum Gasteiger partial charge on any atom is -0.465 e. The molecule has 1 N–H and O–H groups in total. The molecule has 14 heavy (non-hydrogen) atoms. The topological polar surface area (TPSA) is 47.6 Å². The smallest absolute Gasteiger partial charge is 0.322 e. The van der Waals surface area contributed by atoms with E-state index in [9.17, 15) is 4.79 Å². The van der Waals surface area contributed by atoms with Crippen LogP contribution in [0, 0.1) is 0 Å². The van der Waals surface area contributed by atoms with Gasteiger partial charge in [0.25, 0.3) is 0 Å². The Bertz CT molecular complexity index is 159. The Balaban J connectivity index is 3.43. The molecular formula is C10H21NO3. The molecule has 0 aliphatic heterocycles. The van der Waals surface area contributed by atoms with Crippen LogP contribution in [0.3, 0.4) is 0 Å². The summed E-state index contributed by atoms with van der Waals surface area (Å²) >= 11 is 0. The highest BCUT2D eigenvalue weighted by Crippen LogP contribution is 1.89. The van der Waals surface area contributed by atoms with E-state index in [1.54, 1.807) is 13.8 Å².